The molecule has 0 N–H and O–H groups in total. The number of carbonyl (C=O) groups excluding carboxylic acids is 2. The van der Waals surface area contributed by atoms with Crippen LogP contribution in [0.25, 0.3) is 0 Å². The molecule has 0 heterocycles. The van der Waals surface area contributed by atoms with Gasteiger partial charge in [0.1, 0.15) is 6.04 Å². The number of amides is 1. The Morgan fingerprint density at radius 1 is 1.00 bits per heavy atom. The van der Waals surface area contributed by atoms with Crippen molar-refractivity contribution in [1.82, 2.24) is 0 Å². The molecular weight excluding hydrogens is 366 g/mol. The van der Waals surface area contributed by atoms with Gasteiger partial charge in [-0.2, -0.15) is 0 Å². The number of hydrogen-bond acceptors (Lipinski definition) is 3. The molecule has 25 heavy (non-hydrogen) atoms. The van der Waals surface area contributed by atoms with E-state index in [2.05, 4.69) is 0 Å². The molecule has 2 aromatic rings. The van der Waals surface area contributed by atoms with Gasteiger partial charge in [0, 0.05) is 17.1 Å². The molecule has 1 unspecified atom stereocenters. The second kappa shape index (κ2) is 9.40. The Labute approximate surface area is 159 Å². The van der Waals surface area contributed by atoms with Gasteiger partial charge in [0.2, 0.25) is 5.91 Å². The van der Waals surface area contributed by atoms with Crippen molar-refractivity contribution in [3.63, 3.8) is 0 Å². The maximum atomic E-state index is 13.0. The van der Waals surface area contributed by atoms with Gasteiger partial charge in [0.25, 0.3) is 0 Å². The van der Waals surface area contributed by atoms with Gasteiger partial charge in [-0.05, 0) is 37.5 Å². The minimum absolute atomic E-state index is 0. The van der Waals surface area contributed by atoms with Crippen LogP contribution in [-0.4, -0.2) is 25.0 Å². The van der Waals surface area contributed by atoms with E-state index in [1.807, 2.05) is 62.4 Å². The number of ether oxygens (including phenoxy) is 1. The summed E-state index contributed by atoms with van der Waals surface area (Å²) in [5, 5.41) is 0. The molecule has 0 aliphatic heterocycles. The monoisotopic (exact) mass is 388 g/mol. The van der Waals surface area contributed by atoms with E-state index in [9.17, 15) is 9.59 Å². The standard InChI is InChI=1S/C20H23NO3.Cu/c1-14-9-8-10-15(2)19(14)21(16(3)20(23)24-4)18(22)13-17-11-6-5-7-12-17;/h5-12,16H,13H2,1-4H3;. The van der Waals surface area contributed by atoms with Crippen LogP contribution in [-0.2, 0) is 37.8 Å². The van der Waals surface area contributed by atoms with E-state index < -0.39 is 12.0 Å². The number of carbonyl (C=O) groups is 2. The van der Waals surface area contributed by atoms with Gasteiger partial charge in [-0.1, -0.05) is 48.5 Å². The first-order valence-corrected chi connectivity index (χ1v) is 7.95. The van der Waals surface area contributed by atoms with Crippen LogP contribution in [0.5, 0.6) is 0 Å². The molecule has 0 bridgehead atoms. The summed E-state index contributed by atoms with van der Waals surface area (Å²) >= 11 is 0. The fourth-order valence-electron chi connectivity index (χ4n) is 2.85. The fraction of sp³-hybridized carbons (Fsp3) is 0.300. The number of anilines is 1. The first-order chi connectivity index (χ1) is 11.5. The number of nitrogens with zero attached hydrogens (tertiary/aromatic N) is 1. The van der Waals surface area contributed by atoms with E-state index in [0.29, 0.717) is 0 Å². The van der Waals surface area contributed by atoms with Gasteiger partial charge in [0.15, 0.2) is 0 Å². The molecule has 0 spiro atoms. The minimum atomic E-state index is -0.689. The summed E-state index contributed by atoms with van der Waals surface area (Å²) in [7, 11) is 1.34. The summed E-state index contributed by atoms with van der Waals surface area (Å²) in [6.45, 7) is 5.57. The number of rotatable bonds is 5. The number of benzene rings is 2. The molecule has 2 aromatic carbocycles. The Hall–Kier alpha value is -2.10. The van der Waals surface area contributed by atoms with E-state index in [0.717, 1.165) is 22.4 Å². The maximum Gasteiger partial charge on any atom is 0.328 e. The van der Waals surface area contributed by atoms with Crippen molar-refractivity contribution in [3.05, 3.63) is 65.2 Å². The summed E-state index contributed by atoms with van der Waals surface area (Å²) < 4.78 is 4.86. The van der Waals surface area contributed by atoms with Crippen molar-refractivity contribution in [2.75, 3.05) is 12.0 Å². The van der Waals surface area contributed by atoms with Crippen LogP contribution in [0.15, 0.2) is 48.5 Å². The molecule has 2 rings (SSSR count). The van der Waals surface area contributed by atoms with E-state index in [4.69, 9.17) is 4.74 Å². The van der Waals surface area contributed by atoms with Crippen molar-refractivity contribution in [1.29, 1.82) is 0 Å². The molecule has 137 valence electrons. The zero-order valence-electron chi connectivity index (χ0n) is 14.9. The Bertz CT molecular complexity index is 711. The third-order valence-electron chi connectivity index (χ3n) is 4.08. The normalized spacial score (nSPS) is 11.2. The maximum absolute atomic E-state index is 13.0. The Balaban J connectivity index is 0.00000312. The molecule has 0 fully saturated rings. The SMILES string of the molecule is COC(=O)C(C)N(C(=O)Cc1ccccc1)c1c(C)cccc1C.[Cu]. The number of aryl methyl sites for hydroxylation is 2. The van der Waals surface area contributed by atoms with Crippen LogP contribution in [0.1, 0.15) is 23.6 Å². The Morgan fingerprint density at radius 2 is 1.56 bits per heavy atom. The zero-order chi connectivity index (χ0) is 17.7. The second-order valence-electron chi connectivity index (χ2n) is 5.87. The molecule has 0 aliphatic carbocycles. The summed E-state index contributed by atoms with van der Waals surface area (Å²) in [6, 6.07) is 14.7. The summed E-state index contributed by atoms with van der Waals surface area (Å²) in [6.07, 6.45) is 0.232. The summed E-state index contributed by atoms with van der Waals surface area (Å²) in [5.41, 5.74) is 3.59. The molecule has 4 nitrogen and oxygen atoms in total. The Kier molecular flexibility index (Phi) is 7.87. The third kappa shape index (κ3) is 4.94. The molecule has 1 amide bonds. The predicted octanol–water partition coefficient (Wildman–Crippen LogP) is 3.44. The molecule has 1 atom stereocenters. The molecule has 1 radical (unpaired) electrons. The smallest absolute Gasteiger partial charge is 0.328 e. The van der Waals surface area contributed by atoms with Crippen LogP contribution in [0.4, 0.5) is 5.69 Å². The second-order valence-corrected chi connectivity index (χ2v) is 5.87. The third-order valence-corrected chi connectivity index (χ3v) is 4.08. The fourth-order valence-corrected chi connectivity index (χ4v) is 2.85. The van der Waals surface area contributed by atoms with Crippen LogP contribution in [0.3, 0.4) is 0 Å². The van der Waals surface area contributed by atoms with Gasteiger partial charge in [-0.25, -0.2) is 4.79 Å². The van der Waals surface area contributed by atoms with Gasteiger partial charge in [-0.15, -0.1) is 0 Å². The predicted molar refractivity (Wildman–Crippen MR) is 95.0 cm³/mol. The van der Waals surface area contributed by atoms with Gasteiger partial charge < -0.3 is 4.74 Å². The molecule has 0 saturated carbocycles. The Morgan fingerprint density at radius 3 is 2.08 bits per heavy atom. The number of methoxy groups -OCH3 is 1. The van der Waals surface area contributed by atoms with E-state index in [1.54, 1.807) is 11.8 Å². The van der Waals surface area contributed by atoms with Crippen LogP contribution in [0, 0.1) is 13.8 Å². The largest absolute Gasteiger partial charge is 0.467 e. The number of para-hydroxylation sites is 1. The van der Waals surface area contributed by atoms with Gasteiger partial charge in [0.05, 0.1) is 19.2 Å². The van der Waals surface area contributed by atoms with Crippen molar-refractivity contribution in [2.45, 2.75) is 33.2 Å². The average molecular weight is 389 g/mol. The van der Waals surface area contributed by atoms with Gasteiger partial charge >= 0.3 is 5.97 Å². The van der Waals surface area contributed by atoms with Crippen molar-refractivity contribution in [2.24, 2.45) is 0 Å². The molecule has 0 aliphatic rings. The minimum Gasteiger partial charge on any atom is -0.467 e. The molecule has 0 saturated heterocycles. The van der Waals surface area contributed by atoms with Crippen LogP contribution in [0.2, 0.25) is 0 Å². The van der Waals surface area contributed by atoms with E-state index in [-0.39, 0.29) is 29.4 Å². The molecule has 0 aromatic heterocycles. The van der Waals surface area contributed by atoms with E-state index >= 15 is 0 Å². The first-order valence-electron chi connectivity index (χ1n) is 7.95. The quantitative estimate of drug-likeness (QED) is 0.582. The molecule has 5 heteroatoms. The van der Waals surface area contributed by atoms with Crippen LogP contribution >= 0.6 is 0 Å². The zero-order valence-corrected chi connectivity index (χ0v) is 15.8. The van der Waals surface area contributed by atoms with Crippen molar-refractivity contribution < 1.29 is 31.4 Å². The van der Waals surface area contributed by atoms with E-state index in [1.165, 1.54) is 7.11 Å². The summed E-state index contributed by atoms with van der Waals surface area (Å²) in [4.78, 5) is 26.6. The number of esters is 1. The average Bonchev–Trinajstić information content (AvgIpc) is 2.57. The molecular formula is C20H23CuNO3. The van der Waals surface area contributed by atoms with Crippen LogP contribution < -0.4 is 4.90 Å². The van der Waals surface area contributed by atoms with Gasteiger partial charge in [-0.3, -0.25) is 9.69 Å². The topological polar surface area (TPSA) is 46.6 Å². The van der Waals surface area contributed by atoms with Crippen molar-refractivity contribution in [3.8, 4) is 0 Å². The summed E-state index contributed by atoms with van der Waals surface area (Å²) in [5.74, 6) is -0.560. The first kappa shape index (κ1) is 20.9. The number of hydrogen-bond donors (Lipinski definition) is 0. The van der Waals surface area contributed by atoms with Crippen molar-refractivity contribution >= 4 is 17.6 Å².